The predicted molar refractivity (Wildman–Crippen MR) is 146 cm³/mol. The molecular formula is C29H33N3O4S. The third-order valence-corrected chi connectivity index (χ3v) is 8.40. The molecule has 0 atom stereocenters. The van der Waals surface area contributed by atoms with E-state index < -0.39 is 22.5 Å². The van der Waals surface area contributed by atoms with Gasteiger partial charge in [0.2, 0.25) is 5.91 Å². The fourth-order valence-electron chi connectivity index (χ4n) is 4.72. The molecule has 1 fully saturated rings. The number of anilines is 2. The van der Waals surface area contributed by atoms with E-state index >= 15 is 0 Å². The van der Waals surface area contributed by atoms with Crippen LogP contribution < -0.4 is 14.9 Å². The zero-order valence-corrected chi connectivity index (χ0v) is 22.1. The Morgan fingerprint density at radius 2 is 1.57 bits per heavy atom. The second kappa shape index (κ2) is 11.6. The molecule has 3 aromatic rings. The molecule has 3 aromatic carbocycles. The number of amides is 2. The lowest BCUT2D eigenvalue weighted by atomic mass is 9.95. The number of sulfonamides is 1. The van der Waals surface area contributed by atoms with E-state index in [1.807, 2.05) is 26.0 Å². The minimum Gasteiger partial charge on any atom is -0.349 e. The summed E-state index contributed by atoms with van der Waals surface area (Å²) in [4.78, 5) is 26.4. The monoisotopic (exact) mass is 519 g/mol. The van der Waals surface area contributed by atoms with E-state index in [2.05, 4.69) is 10.6 Å². The Labute approximate surface area is 218 Å². The molecule has 1 aliphatic carbocycles. The molecule has 194 valence electrons. The lowest BCUT2D eigenvalue weighted by Gasteiger charge is -2.26. The summed E-state index contributed by atoms with van der Waals surface area (Å²) in [6.45, 7) is 3.30. The predicted octanol–water partition coefficient (Wildman–Crippen LogP) is 5.20. The van der Waals surface area contributed by atoms with Crippen LogP contribution in [0.4, 0.5) is 11.4 Å². The van der Waals surface area contributed by atoms with Crippen LogP contribution in [-0.2, 0) is 14.8 Å². The van der Waals surface area contributed by atoms with Crippen LogP contribution in [0.5, 0.6) is 0 Å². The number of rotatable bonds is 8. The molecule has 4 rings (SSSR count). The number of para-hydroxylation sites is 1. The summed E-state index contributed by atoms with van der Waals surface area (Å²) < 4.78 is 28.4. The third kappa shape index (κ3) is 6.38. The van der Waals surface area contributed by atoms with Gasteiger partial charge in [0.05, 0.1) is 21.8 Å². The van der Waals surface area contributed by atoms with Gasteiger partial charge < -0.3 is 10.6 Å². The van der Waals surface area contributed by atoms with Gasteiger partial charge in [0.25, 0.3) is 15.9 Å². The van der Waals surface area contributed by atoms with Crippen molar-refractivity contribution in [3.63, 3.8) is 0 Å². The molecule has 0 spiro atoms. The Hall–Kier alpha value is -3.65. The summed E-state index contributed by atoms with van der Waals surface area (Å²) in [6, 6.07) is 20.4. The molecule has 1 saturated carbocycles. The molecule has 0 saturated heterocycles. The van der Waals surface area contributed by atoms with Gasteiger partial charge in [-0.05, 0) is 62.6 Å². The van der Waals surface area contributed by atoms with Crippen molar-refractivity contribution in [1.82, 2.24) is 5.32 Å². The van der Waals surface area contributed by atoms with Crippen molar-refractivity contribution >= 4 is 33.2 Å². The molecular weight excluding hydrogens is 486 g/mol. The van der Waals surface area contributed by atoms with Crippen molar-refractivity contribution in [2.45, 2.75) is 56.9 Å². The number of aryl methyl sites for hydroxylation is 2. The first-order valence-corrected chi connectivity index (χ1v) is 14.0. The van der Waals surface area contributed by atoms with Gasteiger partial charge in [-0.15, -0.1) is 0 Å². The highest BCUT2D eigenvalue weighted by Gasteiger charge is 2.29. The van der Waals surface area contributed by atoms with Gasteiger partial charge in [-0.2, -0.15) is 0 Å². The van der Waals surface area contributed by atoms with Crippen LogP contribution in [0.15, 0.2) is 77.7 Å². The number of nitrogens with one attached hydrogen (secondary N) is 2. The molecule has 0 aliphatic heterocycles. The molecule has 0 bridgehead atoms. The molecule has 7 nitrogen and oxygen atoms in total. The summed E-state index contributed by atoms with van der Waals surface area (Å²) in [7, 11) is -4.03. The number of hydrogen-bond acceptors (Lipinski definition) is 4. The zero-order valence-electron chi connectivity index (χ0n) is 21.2. The van der Waals surface area contributed by atoms with Crippen LogP contribution >= 0.6 is 0 Å². The van der Waals surface area contributed by atoms with E-state index in [0.717, 1.165) is 41.1 Å². The lowest BCUT2D eigenvalue weighted by Crippen LogP contribution is -2.39. The van der Waals surface area contributed by atoms with Crippen LogP contribution in [-0.4, -0.2) is 32.8 Å². The number of nitrogens with zero attached hydrogens (tertiary/aromatic N) is 1. The van der Waals surface area contributed by atoms with Gasteiger partial charge in [0.1, 0.15) is 6.54 Å². The average molecular weight is 520 g/mol. The number of carbonyl (C=O) groups excluding carboxylic acids is 2. The Bertz CT molecular complexity index is 1370. The van der Waals surface area contributed by atoms with Crippen molar-refractivity contribution in [3.8, 4) is 0 Å². The summed E-state index contributed by atoms with van der Waals surface area (Å²) in [5.41, 5.74) is 2.84. The van der Waals surface area contributed by atoms with Crippen molar-refractivity contribution < 1.29 is 18.0 Å². The maximum Gasteiger partial charge on any atom is 0.264 e. The standard InChI is InChI=1S/C29H33N3O4S/c1-21-17-18-27(22(2)19-21)32(37(35,36)24-13-7-4-8-14-24)20-28(33)31-26-16-10-9-15-25(26)29(34)30-23-11-5-3-6-12-23/h4,7-10,13-19,23H,3,5-6,11-12,20H2,1-2H3,(H,30,34)(H,31,33). The SMILES string of the molecule is Cc1ccc(N(CC(=O)Nc2ccccc2C(=O)NC2CCCCC2)S(=O)(=O)c2ccccc2)c(C)c1. The molecule has 8 heteroatoms. The molecule has 37 heavy (non-hydrogen) atoms. The maximum absolute atomic E-state index is 13.6. The van der Waals surface area contributed by atoms with Crippen LogP contribution in [0.25, 0.3) is 0 Å². The van der Waals surface area contributed by atoms with Crippen LogP contribution in [0.1, 0.15) is 53.6 Å². The first-order valence-electron chi connectivity index (χ1n) is 12.6. The van der Waals surface area contributed by atoms with Crippen molar-refractivity contribution in [1.29, 1.82) is 0 Å². The van der Waals surface area contributed by atoms with E-state index in [0.29, 0.717) is 16.9 Å². The topological polar surface area (TPSA) is 95.6 Å². The van der Waals surface area contributed by atoms with E-state index in [1.165, 1.54) is 18.6 Å². The molecule has 0 radical (unpaired) electrons. The molecule has 1 aliphatic rings. The number of carbonyl (C=O) groups is 2. The third-order valence-electron chi connectivity index (χ3n) is 6.63. The summed E-state index contributed by atoms with van der Waals surface area (Å²) in [6.07, 6.45) is 5.26. The average Bonchev–Trinajstić information content (AvgIpc) is 2.89. The van der Waals surface area contributed by atoms with Gasteiger partial charge in [-0.1, -0.05) is 67.3 Å². The molecule has 0 unspecified atom stereocenters. The second-order valence-electron chi connectivity index (χ2n) is 9.52. The number of hydrogen-bond donors (Lipinski definition) is 2. The molecule has 0 aromatic heterocycles. The largest absolute Gasteiger partial charge is 0.349 e. The Morgan fingerprint density at radius 3 is 2.27 bits per heavy atom. The van der Waals surface area contributed by atoms with Gasteiger partial charge in [0.15, 0.2) is 0 Å². The van der Waals surface area contributed by atoms with Crippen molar-refractivity contribution in [2.24, 2.45) is 0 Å². The van der Waals surface area contributed by atoms with Crippen LogP contribution in [0.3, 0.4) is 0 Å². The Kier molecular flexibility index (Phi) is 8.28. The molecule has 2 N–H and O–H groups in total. The summed E-state index contributed by atoms with van der Waals surface area (Å²) >= 11 is 0. The van der Waals surface area contributed by atoms with E-state index in [4.69, 9.17) is 0 Å². The fourth-order valence-corrected chi connectivity index (χ4v) is 6.23. The Morgan fingerprint density at radius 1 is 0.892 bits per heavy atom. The Balaban J connectivity index is 1.59. The first kappa shape index (κ1) is 26.4. The smallest absolute Gasteiger partial charge is 0.264 e. The highest BCUT2D eigenvalue weighted by atomic mass is 32.2. The van der Waals surface area contributed by atoms with Crippen LogP contribution in [0, 0.1) is 13.8 Å². The number of benzene rings is 3. The highest BCUT2D eigenvalue weighted by Crippen LogP contribution is 2.28. The quantitative estimate of drug-likeness (QED) is 0.428. The normalized spacial score (nSPS) is 14.1. The zero-order chi connectivity index (χ0) is 26.4. The first-order chi connectivity index (χ1) is 17.8. The summed E-state index contributed by atoms with van der Waals surface area (Å²) in [5.74, 6) is -0.789. The van der Waals surface area contributed by atoms with Crippen molar-refractivity contribution in [2.75, 3.05) is 16.2 Å². The minimum atomic E-state index is -4.03. The lowest BCUT2D eigenvalue weighted by molar-refractivity contribution is -0.114. The van der Waals surface area contributed by atoms with Crippen molar-refractivity contribution in [3.05, 3.63) is 89.5 Å². The maximum atomic E-state index is 13.6. The summed E-state index contributed by atoms with van der Waals surface area (Å²) in [5, 5.41) is 5.85. The van der Waals surface area contributed by atoms with E-state index in [-0.39, 0.29) is 16.8 Å². The van der Waals surface area contributed by atoms with Gasteiger partial charge in [-0.25, -0.2) is 8.42 Å². The van der Waals surface area contributed by atoms with E-state index in [9.17, 15) is 18.0 Å². The highest BCUT2D eigenvalue weighted by molar-refractivity contribution is 7.92. The minimum absolute atomic E-state index is 0.0926. The molecule has 2 amide bonds. The van der Waals surface area contributed by atoms with Gasteiger partial charge in [-0.3, -0.25) is 13.9 Å². The van der Waals surface area contributed by atoms with Crippen LogP contribution in [0.2, 0.25) is 0 Å². The molecule has 0 heterocycles. The van der Waals surface area contributed by atoms with Gasteiger partial charge in [0, 0.05) is 6.04 Å². The second-order valence-corrected chi connectivity index (χ2v) is 11.4. The van der Waals surface area contributed by atoms with Gasteiger partial charge >= 0.3 is 0 Å². The fraction of sp³-hybridized carbons (Fsp3) is 0.310. The van der Waals surface area contributed by atoms with E-state index in [1.54, 1.807) is 48.5 Å².